The molecule has 1 aliphatic carbocycles. The highest BCUT2D eigenvalue weighted by atomic mass is 19.4. The minimum Gasteiger partial charge on any atom is -0.296 e. The van der Waals surface area contributed by atoms with Gasteiger partial charge in [0.25, 0.3) is 0 Å². The Morgan fingerprint density at radius 3 is 2.77 bits per heavy atom. The summed E-state index contributed by atoms with van der Waals surface area (Å²) >= 11 is 0. The Morgan fingerprint density at radius 2 is 2.03 bits per heavy atom. The topological polar surface area (TPSA) is 76.1 Å². The number of aryl methyl sites for hydroxylation is 1. The van der Waals surface area contributed by atoms with Crippen LogP contribution in [0.25, 0.3) is 0 Å². The largest absolute Gasteiger partial charge is 0.433 e. The fraction of sp³-hybridized carbons (Fsp3) is 0.500. The standard InChI is InChI=1S/C22H23F3N4O2/c1-14-26-10-7-19(27-14)29-11-9-21(20(29)31)8-3-4-15(13-21)12-17(30)16-5-2-6-18(28-16)22(23,24)25/h2,5-7,10,15H,3-4,8-9,11-13H2,1H3/t15-,21+/m1/s1. The van der Waals surface area contributed by atoms with Crippen LogP contribution in [0.5, 0.6) is 0 Å². The molecule has 2 fully saturated rings. The molecule has 164 valence electrons. The van der Waals surface area contributed by atoms with E-state index in [1.807, 2.05) is 0 Å². The van der Waals surface area contributed by atoms with Gasteiger partial charge in [-0.2, -0.15) is 13.2 Å². The SMILES string of the molecule is Cc1nccc(N2CC[C@]3(CCC[C@H](CC(=O)c4cccc(C(F)(F)F)n4)C3)C2=O)n1. The van der Waals surface area contributed by atoms with Crippen molar-refractivity contribution in [2.75, 3.05) is 11.4 Å². The second kappa shape index (κ2) is 8.01. The minimum absolute atomic E-state index is 0.0138. The molecule has 1 saturated carbocycles. The lowest BCUT2D eigenvalue weighted by Crippen LogP contribution is -2.39. The fourth-order valence-corrected chi connectivity index (χ4v) is 4.83. The zero-order valence-corrected chi connectivity index (χ0v) is 17.2. The van der Waals surface area contributed by atoms with Crippen LogP contribution in [-0.4, -0.2) is 33.2 Å². The molecule has 3 heterocycles. The molecule has 1 amide bonds. The summed E-state index contributed by atoms with van der Waals surface area (Å²) in [4.78, 5) is 39.6. The summed E-state index contributed by atoms with van der Waals surface area (Å²) in [6.45, 7) is 2.33. The van der Waals surface area contributed by atoms with Crippen LogP contribution >= 0.6 is 0 Å². The summed E-state index contributed by atoms with van der Waals surface area (Å²) < 4.78 is 38.7. The Bertz CT molecular complexity index is 1010. The van der Waals surface area contributed by atoms with E-state index in [-0.39, 0.29) is 23.9 Å². The van der Waals surface area contributed by atoms with Gasteiger partial charge in [0.1, 0.15) is 23.0 Å². The predicted octanol–water partition coefficient (Wildman–Crippen LogP) is 4.39. The molecule has 4 rings (SSSR count). The van der Waals surface area contributed by atoms with Crippen molar-refractivity contribution < 1.29 is 22.8 Å². The molecule has 0 radical (unpaired) electrons. The Balaban J connectivity index is 1.47. The van der Waals surface area contributed by atoms with E-state index in [1.165, 1.54) is 12.1 Å². The molecule has 2 aromatic heterocycles. The fourth-order valence-electron chi connectivity index (χ4n) is 4.83. The Morgan fingerprint density at radius 1 is 1.23 bits per heavy atom. The van der Waals surface area contributed by atoms with Crippen molar-refractivity contribution >= 4 is 17.5 Å². The zero-order valence-electron chi connectivity index (χ0n) is 17.2. The first-order chi connectivity index (χ1) is 14.7. The molecule has 2 atom stereocenters. The molecule has 0 N–H and O–H groups in total. The number of aromatic nitrogens is 3. The first-order valence-corrected chi connectivity index (χ1v) is 10.4. The van der Waals surface area contributed by atoms with Gasteiger partial charge in [0.15, 0.2) is 5.78 Å². The smallest absolute Gasteiger partial charge is 0.296 e. The van der Waals surface area contributed by atoms with Crippen LogP contribution < -0.4 is 4.90 Å². The third kappa shape index (κ3) is 4.31. The lowest BCUT2D eigenvalue weighted by molar-refractivity contribution is -0.141. The van der Waals surface area contributed by atoms with E-state index in [0.29, 0.717) is 31.0 Å². The third-order valence-corrected chi connectivity index (χ3v) is 6.30. The summed E-state index contributed by atoms with van der Waals surface area (Å²) in [5.41, 5.74) is -1.78. The number of halogens is 3. The van der Waals surface area contributed by atoms with Crippen LogP contribution in [-0.2, 0) is 11.0 Å². The van der Waals surface area contributed by atoms with Gasteiger partial charge in [0, 0.05) is 19.2 Å². The molecule has 1 aliphatic heterocycles. The molecular weight excluding hydrogens is 409 g/mol. The number of carbonyl (C=O) groups excluding carboxylic acids is 2. The van der Waals surface area contributed by atoms with Gasteiger partial charge >= 0.3 is 6.18 Å². The van der Waals surface area contributed by atoms with Gasteiger partial charge in [-0.15, -0.1) is 0 Å². The van der Waals surface area contributed by atoms with Crippen LogP contribution in [0.2, 0.25) is 0 Å². The van der Waals surface area contributed by atoms with Crippen LogP contribution in [0.3, 0.4) is 0 Å². The van der Waals surface area contributed by atoms with Crippen LogP contribution in [0, 0.1) is 18.3 Å². The van der Waals surface area contributed by atoms with Crippen LogP contribution in [0.4, 0.5) is 19.0 Å². The number of carbonyl (C=O) groups is 2. The van der Waals surface area contributed by atoms with E-state index in [4.69, 9.17) is 0 Å². The van der Waals surface area contributed by atoms with Gasteiger partial charge in [0.2, 0.25) is 5.91 Å². The van der Waals surface area contributed by atoms with Crippen molar-refractivity contribution in [1.29, 1.82) is 0 Å². The molecule has 2 aliphatic rings. The highest BCUT2D eigenvalue weighted by Crippen LogP contribution is 2.48. The molecule has 2 aromatic rings. The number of amides is 1. The summed E-state index contributed by atoms with van der Waals surface area (Å²) in [5.74, 6) is 0.711. The average Bonchev–Trinajstić information content (AvgIpc) is 3.03. The highest BCUT2D eigenvalue weighted by molar-refractivity contribution is 5.99. The molecule has 1 saturated heterocycles. The number of Topliss-reactive ketones (excluding diaryl/α,β-unsaturated/α-hetero) is 1. The van der Waals surface area contributed by atoms with Crippen molar-refractivity contribution in [3.8, 4) is 0 Å². The second-order valence-electron chi connectivity index (χ2n) is 8.44. The molecule has 0 bridgehead atoms. The number of nitrogens with zero attached hydrogens (tertiary/aromatic N) is 4. The number of ketones is 1. The number of hydrogen-bond acceptors (Lipinski definition) is 5. The zero-order chi connectivity index (χ0) is 22.2. The maximum atomic E-state index is 13.3. The van der Waals surface area contributed by atoms with E-state index in [0.717, 1.165) is 25.3 Å². The van der Waals surface area contributed by atoms with Crippen LogP contribution in [0.15, 0.2) is 30.5 Å². The summed E-state index contributed by atoms with van der Waals surface area (Å²) in [7, 11) is 0. The van der Waals surface area contributed by atoms with Gasteiger partial charge in [0.05, 0.1) is 5.41 Å². The van der Waals surface area contributed by atoms with E-state index < -0.39 is 23.1 Å². The molecule has 0 unspecified atom stereocenters. The monoisotopic (exact) mass is 432 g/mol. The first kappa shape index (κ1) is 21.4. The molecule has 6 nitrogen and oxygen atoms in total. The Kier molecular flexibility index (Phi) is 5.53. The maximum Gasteiger partial charge on any atom is 0.433 e. The number of anilines is 1. The van der Waals surface area contributed by atoms with E-state index >= 15 is 0 Å². The van der Waals surface area contributed by atoms with Gasteiger partial charge in [-0.25, -0.2) is 15.0 Å². The quantitative estimate of drug-likeness (QED) is 0.670. The minimum atomic E-state index is -4.59. The second-order valence-corrected chi connectivity index (χ2v) is 8.44. The number of alkyl halides is 3. The summed E-state index contributed by atoms with van der Waals surface area (Å²) in [6.07, 6.45) is 0.681. The van der Waals surface area contributed by atoms with Crippen molar-refractivity contribution in [3.05, 3.63) is 47.7 Å². The third-order valence-electron chi connectivity index (χ3n) is 6.30. The molecular formula is C22H23F3N4O2. The lowest BCUT2D eigenvalue weighted by Gasteiger charge is -2.36. The first-order valence-electron chi connectivity index (χ1n) is 10.4. The number of rotatable bonds is 4. The van der Waals surface area contributed by atoms with Gasteiger partial charge in [-0.1, -0.05) is 12.5 Å². The van der Waals surface area contributed by atoms with E-state index in [1.54, 1.807) is 24.1 Å². The Labute approximate surface area is 177 Å². The molecule has 0 aromatic carbocycles. The summed E-state index contributed by atoms with van der Waals surface area (Å²) in [5, 5.41) is 0. The number of pyridine rings is 1. The van der Waals surface area contributed by atoms with E-state index in [9.17, 15) is 22.8 Å². The van der Waals surface area contributed by atoms with Crippen molar-refractivity contribution in [2.45, 2.75) is 51.6 Å². The van der Waals surface area contributed by atoms with Crippen molar-refractivity contribution in [2.24, 2.45) is 11.3 Å². The normalized spacial score (nSPS) is 24.1. The number of hydrogen-bond donors (Lipinski definition) is 0. The predicted molar refractivity (Wildman–Crippen MR) is 106 cm³/mol. The average molecular weight is 432 g/mol. The Hall–Kier alpha value is -2.84. The highest BCUT2D eigenvalue weighted by Gasteiger charge is 2.50. The summed E-state index contributed by atoms with van der Waals surface area (Å²) in [6, 6.07) is 5.09. The van der Waals surface area contributed by atoms with Gasteiger partial charge in [-0.05, 0) is 56.7 Å². The molecule has 31 heavy (non-hydrogen) atoms. The molecule has 9 heteroatoms. The van der Waals surface area contributed by atoms with Crippen LogP contribution in [0.1, 0.15) is 60.5 Å². The van der Waals surface area contributed by atoms with E-state index in [2.05, 4.69) is 15.0 Å². The van der Waals surface area contributed by atoms with Gasteiger partial charge < -0.3 is 0 Å². The van der Waals surface area contributed by atoms with Crippen molar-refractivity contribution in [3.63, 3.8) is 0 Å². The van der Waals surface area contributed by atoms with Gasteiger partial charge in [-0.3, -0.25) is 14.5 Å². The maximum absolute atomic E-state index is 13.3. The lowest BCUT2D eigenvalue weighted by atomic mass is 9.67. The molecule has 1 spiro atoms. The van der Waals surface area contributed by atoms with Crippen molar-refractivity contribution in [1.82, 2.24) is 15.0 Å².